The summed E-state index contributed by atoms with van der Waals surface area (Å²) in [7, 11) is 0. The highest BCUT2D eigenvalue weighted by molar-refractivity contribution is 6.00. The summed E-state index contributed by atoms with van der Waals surface area (Å²) in [5.41, 5.74) is 6.96. The lowest BCUT2D eigenvalue weighted by Crippen LogP contribution is -2.30. The van der Waals surface area contributed by atoms with Gasteiger partial charge >= 0.3 is 0 Å². The third kappa shape index (κ3) is 2.67. The molecule has 0 unspecified atom stereocenters. The predicted octanol–water partition coefficient (Wildman–Crippen LogP) is 1.47. The number of hydrogen-bond acceptors (Lipinski definition) is 5. The first-order valence-electron chi connectivity index (χ1n) is 7.08. The molecule has 1 saturated heterocycles. The molecule has 0 radical (unpaired) electrons. The molecule has 0 saturated carbocycles. The van der Waals surface area contributed by atoms with E-state index in [1.807, 2.05) is 23.1 Å². The second-order valence-electron chi connectivity index (χ2n) is 5.33. The highest BCUT2D eigenvalue weighted by Crippen LogP contribution is 2.25. The minimum absolute atomic E-state index is 0.00240. The van der Waals surface area contributed by atoms with Crippen molar-refractivity contribution >= 4 is 5.91 Å². The Morgan fingerprint density at radius 2 is 2.29 bits per heavy atom. The van der Waals surface area contributed by atoms with Crippen LogP contribution in [0.5, 0.6) is 0 Å². The topological polar surface area (TPSA) is 85.2 Å². The maximum atomic E-state index is 12.7. The number of hydrogen-bond donors (Lipinski definition) is 1. The zero-order valence-electron chi connectivity index (χ0n) is 12.0. The highest BCUT2D eigenvalue weighted by Gasteiger charge is 2.28. The van der Waals surface area contributed by atoms with Gasteiger partial charge in [0.05, 0.1) is 11.1 Å². The molecule has 1 aliphatic rings. The number of nitrogens with two attached hydrogens (primary N) is 1. The summed E-state index contributed by atoms with van der Waals surface area (Å²) in [5.74, 6) is 1.33. The third-order valence-electron chi connectivity index (χ3n) is 3.82. The van der Waals surface area contributed by atoms with Gasteiger partial charge in [0.15, 0.2) is 5.82 Å². The largest absolute Gasteiger partial charge is 0.338 e. The molecule has 2 N–H and O–H groups in total. The van der Waals surface area contributed by atoms with E-state index in [-0.39, 0.29) is 5.91 Å². The van der Waals surface area contributed by atoms with Gasteiger partial charge in [-0.15, -0.1) is 0 Å². The van der Waals surface area contributed by atoms with Crippen molar-refractivity contribution in [2.24, 2.45) is 11.7 Å². The summed E-state index contributed by atoms with van der Waals surface area (Å²) in [6.45, 7) is 3.84. The molecule has 1 atom stereocenters. The average molecular weight is 286 g/mol. The molecule has 3 rings (SSSR count). The van der Waals surface area contributed by atoms with E-state index in [9.17, 15) is 4.79 Å². The van der Waals surface area contributed by atoms with E-state index in [0.717, 1.165) is 13.0 Å². The number of carbonyl (C=O) groups excluding carboxylic acids is 1. The van der Waals surface area contributed by atoms with E-state index in [1.54, 1.807) is 13.0 Å². The van der Waals surface area contributed by atoms with Crippen molar-refractivity contribution in [3.05, 3.63) is 35.7 Å². The summed E-state index contributed by atoms with van der Waals surface area (Å²) in [6.07, 6.45) is 0.962. The Kier molecular flexibility index (Phi) is 3.70. The summed E-state index contributed by atoms with van der Waals surface area (Å²) < 4.78 is 5.19. The zero-order valence-corrected chi connectivity index (χ0v) is 12.0. The SMILES string of the molecule is Cc1noc(-c2ccccc2C(=O)N2CC[C@H](CN)C2)n1. The van der Waals surface area contributed by atoms with Crippen LogP contribution in [0.3, 0.4) is 0 Å². The fraction of sp³-hybridized carbons (Fsp3) is 0.400. The Labute approximate surface area is 122 Å². The predicted molar refractivity (Wildman–Crippen MR) is 77.5 cm³/mol. The number of aromatic nitrogens is 2. The molecule has 0 spiro atoms. The molecule has 1 aromatic carbocycles. The Balaban J connectivity index is 1.90. The lowest BCUT2D eigenvalue weighted by Gasteiger charge is -2.17. The van der Waals surface area contributed by atoms with Crippen LogP contribution in [0.4, 0.5) is 0 Å². The van der Waals surface area contributed by atoms with Gasteiger partial charge in [-0.25, -0.2) is 0 Å². The maximum absolute atomic E-state index is 12.7. The van der Waals surface area contributed by atoms with Crippen LogP contribution < -0.4 is 5.73 Å². The van der Waals surface area contributed by atoms with Crippen molar-refractivity contribution < 1.29 is 9.32 Å². The monoisotopic (exact) mass is 286 g/mol. The number of rotatable bonds is 3. The Morgan fingerprint density at radius 3 is 2.95 bits per heavy atom. The molecule has 1 amide bonds. The van der Waals surface area contributed by atoms with Crippen molar-refractivity contribution in [2.45, 2.75) is 13.3 Å². The van der Waals surface area contributed by atoms with Crippen LogP contribution in [0.15, 0.2) is 28.8 Å². The lowest BCUT2D eigenvalue weighted by atomic mass is 10.1. The second-order valence-corrected chi connectivity index (χ2v) is 5.33. The van der Waals surface area contributed by atoms with Gasteiger partial charge in [0.25, 0.3) is 11.8 Å². The molecular formula is C15H18N4O2. The van der Waals surface area contributed by atoms with Crippen molar-refractivity contribution in [2.75, 3.05) is 19.6 Å². The van der Waals surface area contributed by atoms with Crippen molar-refractivity contribution in [1.82, 2.24) is 15.0 Å². The Morgan fingerprint density at radius 1 is 1.48 bits per heavy atom. The zero-order chi connectivity index (χ0) is 14.8. The second kappa shape index (κ2) is 5.65. The number of nitrogens with zero attached hydrogens (tertiary/aromatic N) is 3. The summed E-state index contributed by atoms with van der Waals surface area (Å²) in [6, 6.07) is 7.33. The number of benzene rings is 1. The van der Waals surface area contributed by atoms with E-state index in [2.05, 4.69) is 10.1 Å². The first-order valence-corrected chi connectivity index (χ1v) is 7.08. The van der Waals surface area contributed by atoms with E-state index >= 15 is 0 Å². The molecule has 6 heteroatoms. The average Bonchev–Trinajstić information content (AvgIpc) is 3.15. The number of aryl methyl sites for hydroxylation is 1. The van der Waals surface area contributed by atoms with Crippen LogP contribution in [0.25, 0.3) is 11.5 Å². The van der Waals surface area contributed by atoms with Crippen LogP contribution in [-0.4, -0.2) is 40.6 Å². The van der Waals surface area contributed by atoms with Gasteiger partial charge in [-0.05, 0) is 37.9 Å². The standard InChI is InChI=1S/C15H18N4O2/c1-10-17-14(21-18-10)12-4-2-3-5-13(12)15(20)19-7-6-11(8-16)9-19/h2-5,11H,6-9,16H2,1H3/t11-/m1/s1. The van der Waals surface area contributed by atoms with Gasteiger partial charge in [-0.3, -0.25) is 4.79 Å². The molecule has 21 heavy (non-hydrogen) atoms. The first kappa shape index (κ1) is 13.8. The first-order chi connectivity index (χ1) is 10.2. The van der Waals surface area contributed by atoms with Crippen LogP contribution in [0.1, 0.15) is 22.6 Å². The molecule has 1 fully saturated rings. The van der Waals surface area contributed by atoms with Gasteiger partial charge in [-0.1, -0.05) is 17.3 Å². The van der Waals surface area contributed by atoms with Crippen molar-refractivity contribution in [1.29, 1.82) is 0 Å². The fourth-order valence-electron chi connectivity index (χ4n) is 2.64. The smallest absolute Gasteiger partial charge is 0.258 e. The quantitative estimate of drug-likeness (QED) is 0.923. The molecule has 1 aromatic heterocycles. The van der Waals surface area contributed by atoms with Gasteiger partial charge in [-0.2, -0.15) is 4.98 Å². The molecule has 110 valence electrons. The minimum Gasteiger partial charge on any atom is -0.338 e. The molecule has 0 bridgehead atoms. The molecule has 0 aliphatic carbocycles. The van der Waals surface area contributed by atoms with E-state index in [0.29, 0.717) is 41.8 Å². The van der Waals surface area contributed by atoms with Gasteiger partial charge in [0.1, 0.15) is 0 Å². The lowest BCUT2D eigenvalue weighted by molar-refractivity contribution is 0.0788. The summed E-state index contributed by atoms with van der Waals surface area (Å²) in [5, 5.41) is 3.79. The minimum atomic E-state index is -0.00240. The van der Waals surface area contributed by atoms with Crippen molar-refractivity contribution in [3.63, 3.8) is 0 Å². The molecule has 2 heterocycles. The van der Waals surface area contributed by atoms with E-state index < -0.39 is 0 Å². The highest BCUT2D eigenvalue weighted by atomic mass is 16.5. The fourth-order valence-corrected chi connectivity index (χ4v) is 2.64. The molecular weight excluding hydrogens is 268 g/mol. The van der Waals surface area contributed by atoms with Crippen LogP contribution in [0, 0.1) is 12.8 Å². The van der Waals surface area contributed by atoms with Gasteiger partial charge < -0.3 is 15.2 Å². The van der Waals surface area contributed by atoms with E-state index in [4.69, 9.17) is 10.3 Å². The van der Waals surface area contributed by atoms with Crippen molar-refractivity contribution in [3.8, 4) is 11.5 Å². The Hall–Kier alpha value is -2.21. The molecule has 2 aromatic rings. The van der Waals surface area contributed by atoms with Gasteiger partial charge in [0.2, 0.25) is 0 Å². The summed E-state index contributed by atoms with van der Waals surface area (Å²) in [4.78, 5) is 18.8. The Bertz CT molecular complexity index is 653. The maximum Gasteiger partial charge on any atom is 0.258 e. The number of carbonyl (C=O) groups is 1. The molecule has 1 aliphatic heterocycles. The normalized spacial score (nSPS) is 18.2. The van der Waals surface area contributed by atoms with Crippen LogP contribution in [-0.2, 0) is 0 Å². The number of likely N-dealkylation sites (tertiary alicyclic amines) is 1. The van der Waals surface area contributed by atoms with Gasteiger partial charge in [0, 0.05) is 13.1 Å². The van der Waals surface area contributed by atoms with Crippen LogP contribution >= 0.6 is 0 Å². The summed E-state index contributed by atoms with van der Waals surface area (Å²) >= 11 is 0. The van der Waals surface area contributed by atoms with E-state index in [1.165, 1.54) is 0 Å². The van der Waals surface area contributed by atoms with Crippen LogP contribution in [0.2, 0.25) is 0 Å². The molecule has 6 nitrogen and oxygen atoms in total. The number of amides is 1. The third-order valence-corrected chi connectivity index (χ3v) is 3.82.